The van der Waals surface area contributed by atoms with Gasteiger partial charge in [-0.2, -0.15) is 0 Å². The van der Waals surface area contributed by atoms with Gasteiger partial charge in [-0.1, -0.05) is 30.7 Å². The van der Waals surface area contributed by atoms with E-state index in [2.05, 4.69) is 82.3 Å². The number of benzene rings is 2. The third-order valence-corrected chi connectivity index (χ3v) is 8.11. The van der Waals surface area contributed by atoms with E-state index in [1.165, 1.54) is 5.56 Å². The monoisotopic (exact) mass is 529 g/mol. The van der Waals surface area contributed by atoms with Gasteiger partial charge in [-0.3, -0.25) is 14.6 Å². The molecule has 206 valence electrons. The smallest absolute Gasteiger partial charge is 0.253 e. The van der Waals surface area contributed by atoms with Crippen LogP contribution in [-0.4, -0.2) is 68.3 Å². The second-order valence-corrected chi connectivity index (χ2v) is 11.3. The van der Waals surface area contributed by atoms with Gasteiger partial charge in [0.15, 0.2) is 5.82 Å². The first-order valence-electron chi connectivity index (χ1n) is 13.7. The second kappa shape index (κ2) is 10.9. The Labute approximate surface area is 229 Å². The van der Waals surface area contributed by atoms with Gasteiger partial charge in [0.25, 0.3) is 5.56 Å². The number of piperazine rings is 1. The average molecular weight is 530 g/mol. The number of H-pyrrole nitrogens is 1. The number of aromatic nitrogens is 5. The van der Waals surface area contributed by atoms with Crippen molar-refractivity contribution in [3.05, 3.63) is 80.9 Å². The Bertz CT molecular complexity index is 1520. The van der Waals surface area contributed by atoms with E-state index in [9.17, 15) is 4.79 Å². The molecule has 0 unspecified atom stereocenters. The molecule has 2 aromatic heterocycles. The maximum Gasteiger partial charge on any atom is 0.253 e. The van der Waals surface area contributed by atoms with Crippen LogP contribution in [0.5, 0.6) is 5.75 Å². The number of ether oxygens (including phenoxy) is 1. The van der Waals surface area contributed by atoms with Gasteiger partial charge < -0.3 is 9.72 Å². The molecule has 39 heavy (non-hydrogen) atoms. The van der Waals surface area contributed by atoms with E-state index >= 15 is 0 Å². The Morgan fingerprint density at radius 2 is 1.85 bits per heavy atom. The minimum atomic E-state index is -0.362. The Morgan fingerprint density at radius 3 is 2.56 bits per heavy atom. The highest BCUT2D eigenvalue weighted by molar-refractivity contribution is 5.83. The van der Waals surface area contributed by atoms with Gasteiger partial charge in [0.05, 0.1) is 18.2 Å². The number of tetrazole rings is 1. The van der Waals surface area contributed by atoms with Crippen molar-refractivity contribution in [2.45, 2.75) is 59.2 Å². The first kappa shape index (κ1) is 27.0. The molecule has 0 aliphatic carbocycles. The second-order valence-electron chi connectivity index (χ2n) is 11.3. The predicted octanol–water partition coefficient (Wildman–Crippen LogP) is 4.19. The standard InChI is InChI=1S/C30H39N7O2/c1-7-30(4,5)37-28(32-33-34-37)27(25-18-23-16-20(2)15-21(3)26(23)31-29(25)38)36-13-11-35(12-14-36)19-22-9-8-10-24(17-22)39-6/h8-10,15-18,27H,7,11-14,19H2,1-6H3,(H,31,38)/t27-/m1/s1. The van der Waals surface area contributed by atoms with Gasteiger partial charge in [0, 0.05) is 38.3 Å². The molecule has 3 heterocycles. The molecule has 1 fully saturated rings. The van der Waals surface area contributed by atoms with Crippen molar-refractivity contribution in [3.63, 3.8) is 0 Å². The summed E-state index contributed by atoms with van der Waals surface area (Å²) in [6.45, 7) is 14.7. The maximum atomic E-state index is 13.7. The van der Waals surface area contributed by atoms with Gasteiger partial charge in [0.2, 0.25) is 0 Å². The highest BCUT2D eigenvalue weighted by atomic mass is 16.5. The SMILES string of the molecule is CCC(C)(C)n1nnnc1[C@@H](c1cc2cc(C)cc(C)c2[nH]c1=O)N1CCN(Cc2cccc(OC)c2)CC1. The minimum Gasteiger partial charge on any atom is -0.497 e. The molecular weight excluding hydrogens is 490 g/mol. The van der Waals surface area contributed by atoms with Crippen LogP contribution in [0.1, 0.15) is 61.3 Å². The summed E-state index contributed by atoms with van der Waals surface area (Å²) in [5.74, 6) is 1.58. The van der Waals surface area contributed by atoms with E-state index in [4.69, 9.17) is 4.74 Å². The number of rotatable bonds is 8. The first-order valence-corrected chi connectivity index (χ1v) is 13.7. The number of pyridine rings is 1. The highest BCUT2D eigenvalue weighted by Crippen LogP contribution is 2.32. The minimum absolute atomic E-state index is 0.0953. The molecule has 0 saturated carbocycles. The molecule has 9 nitrogen and oxygen atoms in total. The van der Waals surface area contributed by atoms with Crippen molar-refractivity contribution >= 4 is 10.9 Å². The number of nitrogens with zero attached hydrogens (tertiary/aromatic N) is 6. The van der Waals surface area contributed by atoms with Gasteiger partial charge >= 0.3 is 0 Å². The number of aryl methyl sites for hydroxylation is 2. The Hall–Kier alpha value is -3.56. The molecule has 4 aromatic rings. The summed E-state index contributed by atoms with van der Waals surface area (Å²) in [6.07, 6.45) is 0.860. The largest absolute Gasteiger partial charge is 0.497 e. The molecule has 0 bridgehead atoms. The molecular formula is C30H39N7O2. The molecule has 5 rings (SSSR count). The number of nitrogens with one attached hydrogen (secondary N) is 1. The summed E-state index contributed by atoms with van der Waals surface area (Å²) in [4.78, 5) is 21.6. The van der Waals surface area contributed by atoms with Crippen LogP contribution in [0.2, 0.25) is 0 Å². The van der Waals surface area contributed by atoms with Gasteiger partial charge in [-0.25, -0.2) is 4.68 Å². The number of hydrogen-bond acceptors (Lipinski definition) is 7. The van der Waals surface area contributed by atoms with Crippen LogP contribution < -0.4 is 10.3 Å². The van der Waals surface area contributed by atoms with Crippen molar-refractivity contribution in [2.75, 3.05) is 33.3 Å². The topological polar surface area (TPSA) is 92.2 Å². The van der Waals surface area contributed by atoms with Gasteiger partial charge in [-0.15, -0.1) is 5.10 Å². The summed E-state index contributed by atoms with van der Waals surface area (Å²) >= 11 is 0. The maximum absolute atomic E-state index is 13.7. The van der Waals surface area contributed by atoms with Crippen molar-refractivity contribution in [2.24, 2.45) is 0 Å². The van der Waals surface area contributed by atoms with Crippen molar-refractivity contribution < 1.29 is 4.74 Å². The summed E-state index contributed by atoms with van der Waals surface area (Å²) in [7, 11) is 1.70. The predicted molar refractivity (Wildman–Crippen MR) is 153 cm³/mol. The molecule has 0 spiro atoms. The third-order valence-electron chi connectivity index (χ3n) is 8.11. The van der Waals surface area contributed by atoms with Crippen LogP contribution >= 0.6 is 0 Å². The summed E-state index contributed by atoms with van der Waals surface area (Å²) < 4.78 is 7.31. The molecule has 2 aromatic carbocycles. The Morgan fingerprint density at radius 1 is 1.08 bits per heavy atom. The lowest BCUT2D eigenvalue weighted by Crippen LogP contribution is -2.49. The number of fused-ring (bicyclic) bond motifs is 1. The number of aromatic amines is 1. The summed E-state index contributed by atoms with van der Waals surface area (Å²) in [5, 5.41) is 14.0. The third kappa shape index (κ3) is 5.46. The van der Waals surface area contributed by atoms with Crippen LogP contribution in [0.4, 0.5) is 0 Å². The quantitative estimate of drug-likeness (QED) is 0.366. The van der Waals surface area contributed by atoms with Crippen LogP contribution in [0.25, 0.3) is 10.9 Å². The van der Waals surface area contributed by atoms with E-state index in [1.807, 2.05) is 29.8 Å². The molecule has 0 radical (unpaired) electrons. The molecule has 1 atom stereocenters. The molecule has 0 amide bonds. The fourth-order valence-corrected chi connectivity index (χ4v) is 5.56. The van der Waals surface area contributed by atoms with E-state index in [-0.39, 0.29) is 17.1 Å². The fraction of sp³-hybridized carbons (Fsp3) is 0.467. The van der Waals surface area contributed by atoms with Crippen molar-refractivity contribution in [3.8, 4) is 5.75 Å². The van der Waals surface area contributed by atoms with E-state index < -0.39 is 0 Å². The van der Waals surface area contributed by atoms with Crippen molar-refractivity contribution in [1.29, 1.82) is 0 Å². The van der Waals surface area contributed by atoms with Gasteiger partial charge in [0.1, 0.15) is 11.8 Å². The molecule has 1 N–H and O–H groups in total. The molecule has 1 aliphatic heterocycles. The van der Waals surface area contributed by atoms with Gasteiger partial charge in [-0.05, 0) is 85.3 Å². The van der Waals surface area contributed by atoms with E-state index in [0.29, 0.717) is 11.4 Å². The highest BCUT2D eigenvalue weighted by Gasteiger charge is 2.35. The van der Waals surface area contributed by atoms with Crippen LogP contribution in [0.3, 0.4) is 0 Å². The molecule has 9 heteroatoms. The van der Waals surface area contributed by atoms with Crippen LogP contribution in [-0.2, 0) is 12.1 Å². The lowest BCUT2D eigenvalue weighted by molar-refractivity contribution is 0.0968. The lowest BCUT2D eigenvalue weighted by Gasteiger charge is -2.39. The van der Waals surface area contributed by atoms with Crippen molar-refractivity contribution in [1.82, 2.24) is 35.0 Å². The first-order chi connectivity index (χ1) is 18.7. The summed E-state index contributed by atoms with van der Waals surface area (Å²) in [5.41, 5.74) is 4.63. The average Bonchev–Trinajstić information content (AvgIpc) is 3.41. The molecule has 1 saturated heterocycles. The zero-order valence-electron chi connectivity index (χ0n) is 23.9. The Kier molecular flexibility index (Phi) is 7.55. The number of methoxy groups -OCH3 is 1. The fourth-order valence-electron chi connectivity index (χ4n) is 5.56. The van der Waals surface area contributed by atoms with Crippen LogP contribution in [0, 0.1) is 13.8 Å². The van der Waals surface area contributed by atoms with E-state index in [1.54, 1.807) is 7.11 Å². The zero-order chi connectivity index (χ0) is 27.7. The Balaban J connectivity index is 1.51. The molecule has 1 aliphatic rings. The number of hydrogen-bond donors (Lipinski definition) is 1. The lowest BCUT2D eigenvalue weighted by atomic mass is 9.98. The van der Waals surface area contributed by atoms with E-state index in [0.717, 1.165) is 66.9 Å². The normalized spacial score (nSPS) is 16.1. The zero-order valence-corrected chi connectivity index (χ0v) is 23.9. The summed E-state index contributed by atoms with van der Waals surface area (Å²) in [6, 6.07) is 14.1. The van der Waals surface area contributed by atoms with Crippen LogP contribution in [0.15, 0.2) is 47.3 Å².